The Kier molecular flexibility index (Phi) is 6.04. The molecule has 3 rings (SSSR count). The summed E-state index contributed by atoms with van der Waals surface area (Å²) in [6, 6.07) is 4.24. The summed E-state index contributed by atoms with van der Waals surface area (Å²) in [6.45, 7) is 5.77. The Morgan fingerprint density at radius 3 is 2.58 bits per heavy atom. The molecule has 3 heterocycles. The van der Waals surface area contributed by atoms with Gasteiger partial charge in [0.05, 0.1) is 6.54 Å². The summed E-state index contributed by atoms with van der Waals surface area (Å²) in [7, 11) is 3.63. The highest BCUT2D eigenvalue weighted by Gasteiger charge is 2.16. The fourth-order valence-corrected chi connectivity index (χ4v) is 3.00. The average Bonchev–Trinajstić information content (AvgIpc) is 3.08. The van der Waals surface area contributed by atoms with Crippen molar-refractivity contribution in [1.82, 2.24) is 30.4 Å². The highest BCUT2D eigenvalue weighted by molar-refractivity contribution is 5.79. The molecule has 2 aromatic heterocycles. The number of rotatable bonds is 5. The molecule has 0 bridgehead atoms. The number of hydrogen-bond acceptors (Lipinski definition) is 5. The SMILES string of the molecule is CN=C(NCc1ccc(N2CCC(C)CC2)nc1)NCc1ncnn1C. The van der Waals surface area contributed by atoms with Crippen molar-refractivity contribution >= 4 is 11.8 Å². The van der Waals surface area contributed by atoms with Gasteiger partial charge in [-0.05, 0) is 30.4 Å². The van der Waals surface area contributed by atoms with Crippen molar-refractivity contribution in [3.05, 3.63) is 36.0 Å². The Morgan fingerprint density at radius 2 is 1.96 bits per heavy atom. The van der Waals surface area contributed by atoms with E-state index in [1.807, 2.05) is 13.2 Å². The normalized spacial score (nSPS) is 16.0. The molecule has 1 fully saturated rings. The fourth-order valence-electron chi connectivity index (χ4n) is 3.00. The van der Waals surface area contributed by atoms with Crippen LogP contribution in [0.2, 0.25) is 0 Å². The van der Waals surface area contributed by atoms with Crippen molar-refractivity contribution < 1.29 is 0 Å². The van der Waals surface area contributed by atoms with Crippen LogP contribution < -0.4 is 15.5 Å². The van der Waals surface area contributed by atoms with Gasteiger partial charge in [0.15, 0.2) is 5.96 Å². The number of aryl methyl sites for hydroxylation is 1. The lowest BCUT2D eigenvalue weighted by Crippen LogP contribution is -2.37. The molecule has 1 saturated heterocycles. The first-order valence-electron chi connectivity index (χ1n) is 9.13. The number of guanidine groups is 1. The molecule has 26 heavy (non-hydrogen) atoms. The highest BCUT2D eigenvalue weighted by Crippen LogP contribution is 2.21. The third-order valence-electron chi connectivity index (χ3n) is 4.82. The molecular formula is C18H28N8. The number of piperidine rings is 1. The van der Waals surface area contributed by atoms with Gasteiger partial charge in [0, 0.05) is 39.9 Å². The van der Waals surface area contributed by atoms with Gasteiger partial charge in [-0.25, -0.2) is 9.97 Å². The van der Waals surface area contributed by atoms with E-state index in [1.54, 1.807) is 18.1 Å². The number of anilines is 1. The van der Waals surface area contributed by atoms with Crippen molar-refractivity contribution in [3.8, 4) is 0 Å². The molecule has 1 aliphatic heterocycles. The molecule has 8 heteroatoms. The molecule has 0 aromatic carbocycles. The van der Waals surface area contributed by atoms with Crippen LogP contribution >= 0.6 is 0 Å². The molecular weight excluding hydrogens is 328 g/mol. The summed E-state index contributed by atoms with van der Waals surface area (Å²) in [5.74, 6) is 3.48. The van der Waals surface area contributed by atoms with Gasteiger partial charge in [0.1, 0.15) is 18.0 Å². The number of aromatic nitrogens is 4. The summed E-state index contributed by atoms with van der Waals surface area (Å²) >= 11 is 0. The Hall–Kier alpha value is -2.64. The molecule has 1 aliphatic rings. The lowest BCUT2D eigenvalue weighted by atomic mass is 9.99. The van der Waals surface area contributed by atoms with Crippen molar-refractivity contribution in [3.63, 3.8) is 0 Å². The zero-order valence-electron chi connectivity index (χ0n) is 15.8. The first-order chi connectivity index (χ1) is 12.7. The van der Waals surface area contributed by atoms with Gasteiger partial charge < -0.3 is 15.5 Å². The van der Waals surface area contributed by atoms with Crippen LogP contribution in [0, 0.1) is 5.92 Å². The van der Waals surface area contributed by atoms with Crippen molar-refractivity contribution in [2.75, 3.05) is 25.0 Å². The number of nitrogens with zero attached hydrogens (tertiary/aromatic N) is 6. The Balaban J connectivity index is 1.48. The van der Waals surface area contributed by atoms with E-state index in [4.69, 9.17) is 0 Å². The first kappa shape index (κ1) is 18.2. The van der Waals surface area contributed by atoms with Crippen LogP contribution in [0.4, 0.5) is 5.82 Å². The second-order valence-corrected chi connectivity index (χ2v) is 6.77. The number of aliphatic imine (C=N–C) groups is 1. The predicted molar refractivity (Wildman–Crippen MR) is 103 cm³/mol. The van der Waals surface area contributed by atoms with Crippen molar-refractivity contribution in [2.24, 2.45) is 18.0 Å². The zero-order chi connectivity index (χ0) is 18.4. The summed E-state index contributed by atoms with van der Waals surface area (Å²) in [4.78, 5) is 15.4. The fraction of sp³-hybridized carbons (Fsp3) is 0.556. The first-order valence-corrected chi connectivity index (χ1v) is 9.13. The summed E-state index contributed by atoms with van der Waals surface area (Å²) < 4.78 is 1.74. The van der Waals surface area contributed by atoms with E-state index in [0.717, 1.165) is 42.2 Å². The standard InChI is InChI=1S/C18H28N8/c1-14-6-8-26(9-7-14)16-5-4-15(10-20-16)11-21-18(19-2)22-12-17-23-13-24-25(17)3/h4-5,10,13-14H,6-9,11-12H2,1-3H3,(H2,19,21,22). The molecule has 8 nitrogen and oxygen atoms in total. The molecule has 2 aromatic rings. The number of pyridine rings is 1. The molecule has 0 atom stereocenters. The minimum atomic E-state index is 0.570. The molecule has 0 aliphatic carbocycles. The van der Waals surface area contributed by atoms with Gasteiger partial charge in [-0.1, -0.05) is 13.0 Å². The molecule has 0 radical (unpaired) electrons. The average molecular weight is 356 g/mol. The van der Waals surface area contributed by atoms with Crippen LogP contribution in [0.15, 0.2) is 29.6 Å². The second-order valence-electron chi connectivity index (χ2n) is 6.77. The van der Waals surface area contributed by atoms with Gasteiger partial charge in [-0.3, -0.25) is 9.67 Å². The molecule has 140 valence electrons. The molecule has 2 N–H and O–H groups in total. The van der Waals surface area contributed by atoms with E-state index in [2.05, 4.69) is 54.6 Å². The lowest BCUT2D eigenvalue weighted by molar-refractivity contribution is 0.436. The monoisotopic (exact) mass is 356 g/mol. The van der Waals surface area contributed by atoms with Gasteiger partial charge in [0.2, 0.25) is 0 Å². The maximum absolute atomic E-state index is 4.63. The maximum Gasteiger partial charge on any atom is 0.191 e. The quantitative estimate of drug-likeness (QED) is 0.621. The Bertz CT molecular complexity index is 713. The minimum absolute atomic E-state index is 0.570. The summed E-state index contributed by atoms with van der Waals surface area (Å²) in [6.07, 6.45) is 5.98. The van der Waals surface area contributed by atoms with Gasteiger partial charge >= 0.3 is 0 Å². The van der Waals surface area contributed by atoms with E-state index in [0.29, 0.717) is 13.1 Å². The number of hydrogen-bond donors (Lipinski definition) is 2. The van der Waals surface area contributed by atoms with E-state index >= 15 is 0 Å². The van der Waals surface area contributed by atoms with E-state index in [9.17, 15) is 0 Å². The third-order valence-corrected chi connectivity index (χ3v) is 4.82. The smallest absolute Gasteiger partial charge is 0.191 e. The van der Waals surface area contributed by atoms with E-state index < -0.39 is 0 Å². The van der Waals surface area contributed by atoms with Gasteiger partial charge in [0.25, 0.3) is 0 Å². The van der Waals surface area contributed by atoms with Crippen LogP contribution in [0.5, 0.6) is 0 Å². The Morgan fingerprint density at radius 1 is 1.19 bits per heavy atom. The van der Waals surface area contributed by atoms with E-state index in [-0.39, 0.29) is 0 Å². The van der Waals surface area contributed by atoms with Crippen LogP contribution in [0.25, 0.3) is 0 Å². The van der Waals surface area contributed by atoms with Gasteiger partial charge in [-0.2, -0.15) is 5.10 Å². The summed E-state index contributed by atoms with van der Waals surface area (Å²) in [5.41, 5.74) is 1.13. The molecule has 0 spiro atoms. The van der Waals surface area contributed by atoms with Crippen LogP contribution in [0.1, 0.15) is 31.2 Å². The van der Waals surface area contributed by atoms with E-state index in [1.165, 1.54) is 12.8 Å². The highest BCUT2D eigenvalue weighted by atomic mass is 15.3. The molecule has 0 amide bonds. The van der Waals surface area contributed by atoms with Crippen LogP contribution in [-0.4, -0.2) is 45.8 Å². The number of nitrogens with one attached hydrogen (secondary N) is 2. The minimum Gasteiger partial charge on any atom is -0.357 e. The van der Waals surface area contributed by atoms with Crippen LogP contribution in [0.3, 0.4) is 0 Å². The van der Waals surface area contributed by atoms with Crippen molar-refractivity contribution in [1.29, 1.82) is 0 Å². The second kappa shape index (κ2) is 8.64. The Labute approximate surface area is 154 Å². The predicted octanol–water partition coefficient (Wildman–Crippen LogP) is 1.31. The van der Waals surface area contributed by atoms with Crippen molar-refractivity contribution in [2.45, 2.75) is 32.9 Å². The topological polar surface area (TPSA) is 83.3 Å². The molecule has 0 saturated carbocycles. The third kappa shape index (κ3) is 4.71. The lowest BCUT2D eigenvalue weighted by Gasteiger charge is -2.31. The zero-order valence-corrected chi connectivity index (χ0v) is 15.8. The largest absolute Gasteiger partial charge is 0.357 e. The molecule has 0 unspecified atom stereocenters. The summed E-state index contributed by atoms with van der Waals surface area (Å²) in [5, 5.41) is 10.6. The van der Waals surface area contributed by atoms with Crippen LogP contribution in [-0.2, 0) is 20.1 Å². The van der Waals surface area contributed by atoms with Gasteiger partial charge in [-0.15, -0.1) is 0 Å². The maximum atomic E-state index is 4.63.